The highest BCUT2D eigenvalue weighted by Gasteiger charge is 2.33. The molecular formula is C19H14ClF3N2O. The second-order valence-corrected chi connectivity index (χ2v) is 6.25. The van der Waals surface area contributed by atoms with Gasteiger partial charge in [-0.25, -0.2) is 0 Å². The van der Waals surface area contributed by atoms with E-state index in [0.29, 0.717) is 22.5 Å². The maximum atomic E-state index is 13.2. The van der Waals surface area contributed by atoms with E-state index in [2.05, 4.69) is 9.97 Å². The van der Waals surface area contributed by atoms with Gasteiger partial charge in [-0.2, -0.15) is 13.2 Å². The van der Waals surface area contributed by atoms with Crippen molar-refractivity contribution in [1.29, 1.82) is 0 Å². The van der Waals surface area contributed by atoms with E-state index in [4.69, 9.17) is 11.6 Å². The van der Waals surface area contributed by atoms with Crippen molar-refractivity contribution in [3.05, 3.63) is 74.8 Å². The van der Waals surface area contributed by atoms with Crippen LogP contribution in [-0.2, 0) is 6.18 Å². The number of nitrogens with zero attached hydrogens (tertiary/aromatic N) is 1. The fraction of sp³-hybridized carbons (Fsp3) is 0.158. The van der Waals surface area contributed by atoms with E-state index >= 15 is 0 Å². The predicted molar refractivity (Wildman–Crippen MR) is 95.2 cm³/mol. The molecule has 3 rings (SSSR count). The van der Waals surface area contributed by atoms with Gasteiger partial charge in [0.05, 0.1) is 16.8 Å². The Morgan fingerprint density at radius 2 is 1.73 bits per heavy atom. The van der Waals surface area contributed by atoms with Gasteiger partial charge in [0.2, 0.25) is 5.43 Å². The average molecular weight is 379 g/mol. The molecule has 0 spiro atoms. The molecule has 1 N–H and O–H groups in total. The number of aryl methyl sites for hydroxylation is 2. The molecule has 0 amide bonds. The molecule has 0 fully saturated rings. The summed E-state index contributed by atoms with van der Waals surface area (Å²) < 4.78 is 39.5. The van der Waals surface area contributed by atoms with Crippen molar-refractivity contribution in [3.63, 3.8) is 0 Å². The van der Waals surface area contributed by atoms with E-state index in [1.807, 2.05) is 0 Å². The van der Waals surface area contributed by atoms with Crippen LogP contribution < -0.4 is 5.43 Å². The third kappa shape index (κ3) is 3.24. The van der Waals surface area contributed by atoms with Gasteiger partial charge in [-0.15, -0.1) is 0 Å². The summed E-state index contributed by atoms with van der Waals surface area (Å²) in [5, 5.41) is 0.0806. The number of aromatic amines is 1. The number of hydrogen-bond acceptors (Lipinski definition) is 2. The van der Waals surface area contributed by atoms with Gasteiger partial charge in [-0.05, 0) is 26.0 Å². The zero-order valence-electron chi connectivity index (χ0n) is 13.9. The average Bonchev–Trinajstić information content (AvgIpc) is 2.60. The van der Waals surface area contributed by atoms with E-state index in [9.17, 15) is 18.0 Å². The molecule has 0 atom stereocenters. The molecule has 3 aromatic rings. The second kappa shape index (κ2) is 6.61. The van der Waals surface area contributed by atoms with Crippen molar-refractivity contribution < 1.29 is 13.2 Å². The highest BCUT2D eigenvalue weighted by Crippen LogP contribution is 2.36. The number of pyridine rings is 2. The Balaban J connectivity index is 2.10. The third-order valence-electron chi connectivity index (χ3n) is 4.07. The maximum Gasteiger partial charge on any atom is 0.417 e. The Morgan fingerprint density at radius 1 is 1.04 bits per heavy atom. The van der Waals surface area contributed by atoms with Crippen molar-refractivity contribution in [2.75, 3.05) is 0 Å². The number of H-pyrrole nitrogens is 1. The Morgan fingerprint density at radius 3 is 2.35 bits per heavy atom. The van der Waals surface area contributed by atoms with Gasteiger partial charge >= 0.3 is 6.18 Å². The van der Waals surface area contributed by atoms with Crippen LogP contribution in [0.3, 0.4) is 0 Å². The van der Waals surface area contributed by atoms with E-state index in [1.165, 1.54) is 30.5 Å². The van der Waals surface area contributed by atoms with Crippen LogP contribution in [0.15, 0.2) is 47.4 Å². The van der Waals surface area contributed by atoms with Gasteiger partial charge in [0, 0.05) is 28.7 Å². The molecule has 2 heterocycles. The van der Waals surface area contributed by atoms with Crippen LogP contribution in [0.1, 0.15) is 17.0 Å². The number of aromatic nitrogens is 2. The molecule has 134 valence electrons. The van der Waals surface area contributed by atoms with Crippen molar-refractivity contribution >= 4 is 11.6 Å². The van der Waals surface area contributed by atoms with E-state index in [1.54, 1.807) is 19.9 Å². The highest BCUT2D eigenvalue weighted by molar-refractivity contribution is 6.31. The smallest absolute Gasteiger partial charge is 0.361 e. The van der Waals surface area contributed by atoms with Crippen LogP contribution in [-0.4, -0.2) is 9.97 Å². The summed E-state index contributed by atoms with van der Waals surface area (Å²) in [6.45, 7) is 3.42. The fourth-order valence-corrected chi connectivity index (χ4v) is 2.99. The molecule has 0 aliphatic carbocycles. The number of alkyl halides is 3. The highest BCUT2D eigenvalue weighted by atomic mass is 35.5. The predicted octanol–water partition coefficient (Wildman–Crippen LogP) is 5.39. The van der Waals surface area contributed by atoms with Gasteiger partial charge in [0.15, 0.2) is 0 Å². The molecule has 0 aliphatic heterocycles. The largest absolute Gasteiger partial charge is 0.417 e. The first-order valence-corrected chi connectivity index (χ1v) is 8.10. The SMILES string of the molecule is Cc1[nH]c(C)c(-c2ccc(-c3ccccc3C(F)(F)F)nc2)c(=O)c1Cl. The molecule has 1 aromatic carbocycles. The van der Waals surface area contributed by atoms with Gasteiger partial charge in [-0.1, -0.05) is 35.9 Å². The zero-order valence-corrected chi connectivity index (χ0v) is 14.7. The van der Waals surface area contributed by atoms with Crippen LogP contribution in [0, 0.1) is 13.8 Å². The molecule has 3 nitrogen and oxygen atoms in total. The first-order valence-electron chi connectivity index (χ1n) is 7.72. The number of benzene rings is 1. The molecule has 26 heavy (non-hydrogen) atoms. The van der Waals surface area contributed by atoms with Crippen molar-refractivity contribution in [1.82, 2.24) is 9.97 Å². The number of nitrogens with one attached hydrogen (secondary N) is 1. The lowest BCUT2D eigenvalue weighted by atomic mass is 10.0. The molecular weight excluding hydrogens is 365 g/mol. The lowest BCUT2D eigenvalue weighted by Crippen LogP contribution is -2.11. The van der Waals surface area contributed by atoms with Crippen LogP contribution in [0.25, 0.3) is 22.4 Å². The normalized spacial score (nSPS) is 11.6. The summed E-state index contributed by atoms with van der Waals surface area (Å²) in [6, 6.07) is 8.27. The minimum absolute atomic E-state index is 0.0147. The molecule has 0 bridgehead atoms. The molecule has 0 saturated carbocycles. The minimum Gasteiger partial charge on any atom is -0.361 e. The summed E-state index contributed by atoms with van der Waals surface area (Å²) in [7, 11) is 0. The molecule has 2 aromatic heterocycles. The number of halogens is 4. The quantitative estimate of drug-likeness (QED) is 0.649. The third-order valence-corrected chi connectivity index (χ3v) is 4.52. The first kappa shape index (κ1) is 18.2. The monoisotopic (exact) mass is 378 g/mol. The van der Waals surface area contributed by atoms with Gasteiger partial charge in [0.1, 0.15) is 5.02 Å². The van der Waals surface area contributed by atoms with Crippen LogP contribution in [0.5, 0.6) is 0 Å². The molecule has 0 radical (unpaired) electrons. The molecule has 7 heteroatoms. The van der Waals surface area contributed by atoms with Gasteiger partial charge in [0.25, 0.3) is 0 Å². The van der Waals surface area contributed by atoms with Gasteiger partial charge < -0.3 is 4.98 Å². The first-order chi connectivity index (χ1) is 12.2. The lowest BCUT2D eigenvalue weighted by molar-refractivity contribution is -0.137. The van der Waals surface area contributed by atoms with Crippen LogP contribution >= 0.6 is 11.6 Å². The summed E-state index contributed by atoms with van der Waals surface area (Å²) >= 11 is 6.01. The van der Waals surface area contributed by atoms with Crippen molar-refractivity contribution in [2.24, 2.45) is 0 Å². The standard InChI is InChI=1S/C19H14ClF3N2O/c1-10-16(18(26)17(20)11(2)25-10)12-7-8-15(24-9-12)13-5-3-4-6-14(13)19(21,22)23/h3-9H,1-2H3,(H,25,26). The zero-order chi connectivity index (χ0) is 19.1. The Hall–Kier alpha value is -2.60. The minimum atomic E-state index is -4.48. The summed E-state index contributed by atoms with van der Waals surface area (Å²) in [5.41, 5.74) is 1.07. The van der Waals surface area contributed by atoms with Crippen LogP contribution in [0.2, 0.25) is 5.02 Å². The molecule has 0 aliphatic rings. The van der Waals surface area contributed by atoms with Crippen molar-refractivity contribution in [2.45, 2.75) is 20.0 Å². The number of hydrogen-bond donors (Lipinski definition) is 1. The Bertz CT molecular complexity index is 1020. The summed E-state index contributed by atoms with van der Waals surface area (Å²) in [4.78, 5) is 19.6. The van der Waals surface area contributed by atoms with Gasteiger partial charge in [-0.3, -0.25) is 9.78 Å². The Kier molecular flexibility index (Phi) is 4.63. The van der Waals surface area contributed by atoms with E-state index in [-0.39, 0.29) is 21.7 Å². The number of rotatable bonds is 2. The fourth-order valence-electron chi connectivity index (χ4n) is 2.85. The second-order valence-electron chi connectivity index (χ2n) is 5.87. The topological polar surface area (TPSA) is 45.8 Å². The van der Waals surface area contributed by atoms with E-state index < -0.39 is 11.7 Å². The van der Waals surface area contributed by atoms with E-state index in [0.717, 1.165) is 6.07 Å². The maximum absolute atomic E-state index is 13.2. The summed E-state index contributed by atoms with van der Waals surface area (Å²) in [6.07, 6.45) is -3.10. The van der Waals surface area contributed by atoms with Crippen molar-refractivity contribution in [3.8, 4) is 22.4 Å². The summed E-state index contributed by atoms with van der Waals surface area (Å²) in [5.74, 6) is 0. The molecule has 0 saturated heterocycles. The lowest BCUT2D eigenvalue weighted by Gasteiger charge is -2.13. The Labute approximate surface area is 152 Å². The molecule has 0 unspecified atom stereocenters. The van der Waals surface area contributed by atoms with Crippen LogP contribution in [0.4, 0.5) is 13.2 Å².